The summed E-state index contributed by atoms with van der Waals surface area (Å²) < 4.78 is 148. The molecule has 0 fully saturated rings. The van der Waals surface area contributed by atoms with Crippen LogP contribution >= 0.6 is 95.6 Å². The van der Waals surface area contributed by atoms with Crippen molar-refractivity contribution in [2.45, 2.75) is 46.5 Å². The van der Waals surface area contributed by atoms with Gasteiger partial charge in [0.1, 0.15) is 75.2 Å². The van der Waals surface area contributed by atoms with Crippen LogP contribution in [0.15, 0.2) is 185 Å². The highest BCUT2D eigenvalue weighted by atomic mass is 79.9. The van der Waals surface area contributed by atoms with E-state index in [0.29, 0.717) is 81.4 Å². The minimum atomic E-state index is -1.18. The summed E-state index contributed by atoms with van der Waals surface area (Å²) in [7, 11) is 8.75. The number of halogens is 15. The lowest BCUT2D eigenvalue weighted by molar-refractivity contribution is -0.387. The number of nitrogens with one attached hydrogen (secondary N) is 1. The molecular weight excluding hydrogens is 1880 g/mol. The number of nitrogens with zero attached hydrogens (tertiary/aromatic N) is 3. The van der Waals surface area contributed by atoms with E-state index >= 15 is 0 Å². The van der Waals surface area contributed by atoms with Crippen molar-refractivity contribution in [1.29, 1.82) is 0 Å². The van der Waals surface area contributed by atoms with E-state index in [1.54, 1.807) is 12.1 Å². The number of nitrogens with two attached hydrogens (primary N) is 4. The average molecular weight is 1950 g/mol. The quantitative estimate of drug-likeness (QED) is 0.0159. The van der Waals surface area contributed by atoms with Crippen LogP contribution in [0.1, 0.15) is 56.2 Å². The van der Waals surface area contributed by atoms with Crippen molar-refractivity contribution in [2.75, 3.05) is 70.9 Å². The highest BCUT2D eigenvalue weighted by Gasteiger charge is 2.21. The lowest BCUT2D eigenvalue weighted by atomic mass is 9.98. The van der Waals surface area contributed by atoms with Crippen LogP contribution in [0.2, 0.25) is 0 Å². The summed E-state index contributed by atoms with van der Waals surface area (Å²) in [5.41, 5.74) is 27.3. The number of hydrogen-bond donors (Lipinski definition) is 5. The predicted molar refractivity (Wildman–Crippen MR) is 437 cm³/mol. The van der Waals surface area contributed by atoms with Crippen molar-refractivity contribution in [3.05, 3.63) is 284 Å². The molecule has 1 amide bonds. The summed E-state index contributed by atoms with van der Waals surface area (Å²) in [5, 5.41) is 33.2. The van der Waals surface area contributed by atoms with Crippen LogP contribution in [0.25, 0.3) is 22.3 Å². The average Bonchev–Trinajstić information content (AvgIpc) is 0.863. The largest absolute Gasteiger partial charge is 0.496 e. The van der Waals surface area contributed by atoms with E-state index in [4.69, 9.17) is 51.4 Å². The lowest BCUT2D eigenvalue weighted by Crippen LogP contribution is -2.09. The maximum Gasteiger partial charge on any atom is 0.306 e. The van der Waals surface area contributed by atoms with Gasteiger partial charge < -0.3 is 56.7 Å². The van der Waals surface area contributed by atoms with Crippen molar-refractivity contribution < 1.29 is 87.5 Å². The van der Waals surface area contributed by atoms with Gasteiger partial charge in [-0.2, -0.15) is 8.78 Å². The van der Waals surface area contributed by atoms with Crippen molar-refractivity contribution >= 4 is 147 Å². The van der Waals surface area contributed by atoms with Gasteiger partial charge in [-0.3, -0.25) is 35.1 Å². The molecule has 0 radical (unpaired) electrons. The number of nitrogen functional groups attached to an aromatic ring is 4. The van der Waals surface area contributed by atoms with Gasteiger partial charge in [-0.1, -0.05) is 82.8 Å². The normalized spacial score (nSPS) is 10.1. The van der Waals surface area contributed by atoms with Gasteiger partial charge in [0, 0.05) is 77.4 Å². The minimum Gasteiger partial charge on any atom is -0.496 e. The molecule has 0 unspecified atom stereocenters. The molecule has 0 aliphatic carbocycles. The molecule has 598 valence electrons. The fourth-order valence-electron chi connectivity index (χ4n) is 8.71. The first-order valence-corrected chi connectivity index (χ1v) is 36.4. The molecule has 0 spiro atoms. The molecule has 9 N–H and O–H groups in total. The monoisotopic (exact) mass is 1950 g/mol. The number of carbonyl (C=O) groups excluding carboxylic acids is 1. The number of anilines is 5. The van der Waals surface area contributed by atoms with E-state index in [0.717, 1.165) is 53.1 Å². The zero-order chi connectivity index (χ0) is 84.9. The summed E-state index contributed by atoms with van der Waals surface area (Å²) >= 11 is 17.9. The number of nitro benzene ring substituents is 3. The summed E-state index contributed by atoms with van der Waals surface area (Å²) in [6.07, 6.45) is 1.10. The first kappa shape index (κ1) is 96.1. The topological polar surface area (TPSA) is 318 Å². The van der Waals surface area contributed by atoms with Crippen LogP contribution < -0.4 is 56.7 Å². The molecule has 0 aromatic heterocycles. The van der Waals surface area contributed by atoms with Crippen molar-refractivity contribution in [3.63, 3.8) is 0 Å². The van der Waals surface area contributed by atoms with Crippen molar-refractivity contribution in [2.24, 2.45) is 0 Å². The van der Waals surface area contributed by atoms with E-state index < -0.39 is 78.6 Å². The van der Waals surface area contributed by atoms with Crippen LogP contribution in [0.3, 0.4) is 0 Å². The van der Waals surface area contributed by atoms with E-state index in [1.165, 1.54) is 109 Å². The maximum absolute atomic E-state index is 14.1. The number of amides is 1. The van der Waals surface area contributed by atoms with Crippen LogP contribution in [0.4, 0.5) is 85.0 Å². The highest BCUT2D eigenvalue weighted by Crippen LogP contribution is 2.39. The first-order chi connectivity index (χ1) is 52.5. The van der Waals surface area contributed by atoms with Crippen LogP contribution in [-0.2, 0) is 4.79 Å². The number of carbonyl (C=O) groups is 1. The Morgan fingerprint density at radius 1 is 0.384 bits per heavy atom. The fourth-order valence-corrected chi connectivity index (χ4v) is 11.3. The molecule has 0 heterocycles. The number of aryl methyl sites for hydroxylation is 1. The zero-order valence-electron chi connectivity index (χ0n) is 60.9. The molecule has 0 atom stereocenters. The number of methoxy groups -OCH3 is 6. The van der Waals surface area contributed by atoms with E-state index in [2.05, 4.69) is 147 Å². The molecule has 0 saturated heterocycles. The Hall–Kier alpha value is -10.1. The third-order valence-corrected chi connectivity index (χ3v) is 18.4. The highest BCUT2D eigenvalue weighted by molar-refractivity contribution is 9.11. The van der Waals surface area contributed by atoms with E-state index in [9.17, 15) is 74.7 Å². The lowest BCUT2D eigenvalue weighted by Gasteiger charge is -2.13. The molecule has 10 rings (SSSR count). The minimum absolute atomic E-state index is 0.0803. The Morgan fingerprint density at radius 2 is 0.679 bits per heavy atom. The van der Waals surface area contributed by atoms with Gasteiger partial charge in [0.25, 0.3) is 5.69 Å². The van der Waals surface area contributed by atoms with Gasteiger partial charge in [-0.05, 0) is 179 Å². The van der Waals surface area contributed by atoms with E-state index in [1.807, 2.05) is 36.4 Å². The Balaban J connectivity index is 0.000000337. The second kappa shape index (κ2) is 46.0. The molecule has 112 heavy (non-hydrogen) atoms. The fraction of sp³-hybridized carbons (Fsp3) is 0.171. The summed E-state index contributed by atoms with van der Waals surface area (Å²) in [6, 6.07) is 35.6. The van der Waals surface area contributed by atoms with Gasteiger partial charge in [-0.15, -0.1) is 0 Å². The van der Waals surface area contributed by atoms with E-state index in [-0.39, 0.29) is 48.9 Å². The second-order valence-electron chi connectivity index (χ2n) is 22.9. The van der Waals surface area contributed by atoms with Crippen molar-refractivity contribution in [3.8, 4) is 56.8 Å². The summed E-state index contributed by atoms with van der Waals surface area (Å²) in [6.45, 7) is 13.4. The molecule has 0 saturated carbocycles. The predicted octanol–water partition coefficient (Wildman–Crippen LogP) is 23.4. The second-order valence-corrected chi connectivity index (χ2v) is 28.0. The molecule has 10 aromatic rings. The molecule has 0 aliphatic heterocycles. The molecule has 0 aliphatic rings. The van der Waals surface area contributed by atoms with Crippen LogP contribution in [-0.4, -0.2) is 63.3 Å². The van der Waals surface area contributed by atoms with Gasteiger partial charge in [0.05, 0.1) is 113 Å². The van der Waals surface area contributed by atoms with Gasteiger partial charge in [-0.25, -0.2) is 30.7 Å². The van der Waals surface area contributed by atoms with Gasteiger partial charge in [0.15, 0.2) is 0 Å². The Kier molecular flexibility index (Phi) is 39.5. The third kappa shape index (κ3) is 28.9. The van der Waals surface area contributed by atoms with Crippen LogP contribution in [0.5, 0.6) is 34.5 Å². The van der Waals surface area contributed by atoms with Crippen LogP contribution in [0, 0.1) is 89.6 Å². The Labute approximate surface area is 688 Å². The maximum atomic E-state index is 14.1. The molecule has 0 bridgehead atoms. The first-order valence-electron chi connectivity index (χ1n) is 31.6. The third-order valence-electron chi connectivity index (χ3n) is 14.7. The summed E-state index contributed by atoms with van der Waals surface area (Å²) in [4.78, 5) is 39.9. The van der Waals surface area contributed by atoms with Gasteiger partial charge in [0.2, 0.25) is 17.5 Å². The van der Waals surface area contributed by atoms with Gasteiger partial charge >= 0.3 is 11.4 Å². The number of benzene rings is 10. The Morgan fingerprint density at radius 3 is 1.06 bits per heavy atom. The molecular formula is C76H71Br6F9N8O13. The zero-order valence-corrected chi connectivity index (χ0v) is 70.4. The number of nitro groups is 3. The van der Waals surface area contributed by atoms with Crippen molar-refractivity contribution in [1.82, 2.24) is 0 Å². The molecule has 36 heteroatoms. The Bertz CT molecular complexity index is 4770. The summed E-state index contributed by atoms with van der Waals surface area (Å²) in [5.74, 6) is -2.96. The molecule has 21 nitrogen and oxygen atoms in total. The SMILES string of the molecule is C=CC(=O)Nc1cc(-c2ccc(C(C)C)cc2)c(OC)cc1F.COc1cc(F)c(Br)cc1N.COc1cc(F)c(N)cc1-c1ccc(C(C)C)cc1.COc1cc(F)c(N)cc1Br.COc1cc(F)c(N)cc1Br.COc1cc(F)c([N+](=O)[O-])cc1Br.Cc1cc(F)c(Br)cc1[N+](=O)[O-].O=[N+]([O-])c1cc(Br)c(F)cc1F. The number of rotatable bonds is 15. The smallest absolute Gasteiger partial charge is 0.306 e. The standard InChI is InChI=1S/C19H20FNO2.C16H18FNO.C7H5BrFNO3.C7H5BrFNO2.3C7H7BrFNO.C6H2BrF2NO2/c1-5-19(22)21-17-10-15(18(23-4)11-16(17)20)14-8-6-13(7-9-14)12(2)3;1-10(2)11-4-6-12(7-5-11)13-8-15(18)14(17)9-16(13)19-3;1-13-7-3-5(9)6(10(11)12)2-4(7)8;1-4-2-6(9)5(8)3-7(4)10(11)12;2*1-11-7-3-5(9)6(10)2-4(7)8;1-11-7-3-5(9)4(8)2-6(7)10;7-3-1-6(10(11)12)5(9)2-4(3)8/h5-12H,1H2,2-4H3,(H,21,22);4-10H,18H2,1-3H3;2-3H,1H3;2-3H,1H3;3*2-3H,10H2,1H3;1-2H. The number of hydrogen-bond acceptors (Lipinski definition) is 17. The molecule has 10 aromatic carbocycles. The number of ether oxygens (including phenoxy) is 6.